The van der Waals surface area contributed by atoms with E-state index in [0.29, 0.717) is 42.8 Å². The van der Waals surface area contributed by atoms with Crippen molar-refractivity contribution in [2.45, 2.75) is 70.3 Å². The molecule has 1 amide bonds. The van der Waals surface area contributed by atoms with Crippen LogP contribution in [0.2, 0.25) is 0 Å². The zero-order valence-electron chi connectivity index (χ0n) is 24.7. The van der Waals surface area contributed by atoms with Crippen molar-refractivity contribution in [1.82, 2.24) is 20.1 Å². The Morgan fingerprint density at radius 1 is 0.932 bits per heavy atom. The maximum Gasteiger partial charge on any atom is 0.430 e. The van der Waals surface area contributed by atoms with Crippen molar-refractivity contribution in [3.8, 4) is 11.1 Å². The van der Waals surface area contributed by atoms with Crippen LogP contribution in [0.15, 0.2) is 67.0 Å². The van der Waals surface area contributed by atoms with Crippen molar-refractivity contribution >= 4 is 5.91 Å². The first-order valence-electron chi connectivity index (χ1n) is 14.3. The van der Waals surface area contributed by atoms with E-state index >= 15 is 0 Å². The summed E-state index contributed by atoms with van der Waals surface area (Å²) >= 11 is 0. The predicted molar refractivity (Wildman–Crippen MR) is 154 cm³/mol. The van der Waals surface area contributed by atoms with Crippen LogP contribution in [0.4, 0.5) is 26.3 Å². The second-order valence-corrected chi connectivity index (χ2v) is 11.6. The number of alkyl halides is 6. The van der Waals surface area contributed by atoms with Gasteiger partial charge in [0, 0.05) is 69.2 Å². The van der Waals surface area contributed by atoms with Crippen LogP contribution in [0.3, 0.4) is 0 Å². The molecule has 44 heavy (non-hydrogen) atoms. The molecular formula is C32H36F6N4O2. The first-order valence-corrected chi connectivity index (χ1v) is 14.3. The number of aromatic nitrogens is 1. The molecule has 0 radical (unpaired) electrons. The Bertz CT molecular complexity index is 1400. The van der Waals surface area contributed by atoms with E-state index in [1.165, 1.54) is 0 Å². The van der Waals surface area contributed by atoms with Crippen molar-refractivity contribution in [2.24, 2.45) is 0 Å². The molecule has 2 heterocycles. The van der Waals surface area contributed by atoms with E-state index in [2.05, 4.69) is 20.1 Å². The number of rotatable bonds is 9. The molecule has 0 bridgehead atoms. The number of nitrogens with one attached hydrogen (secondary N) is 1. The van der Waals surface area contributed by atoms with Crippen molar-refractivity contribution < 1.29 is 36.2 Å². The lowest BCUT2D eigenvalue weighted by Gasteiger charge is -2.41. The van der Waals surface area contributed by atoms with E-state index in [9.17, 15) is 36.2 Å². The fraction of sp³-hybridized carbons (Fsp3) is 0.438. The number of aliphatic hydroxyl groups is 1. The highest BCUT2D eigenvalue weighted by Gasteiger charge is 2.71. The molecule has 1 saturated heterocycles. The van der Waals surface area contributed by atoms with Gasteiger partial charge in [0.15, 0.2) is 0 Å². The van der Waals surface area contributed by atoms with Gasteiger partial charge >= 0.3 is 12.4 Å². The number of aryl methyl sites for hydroxylation is 1. The van der Waals surface area contributed by atoms with E-state index in [0.717, 1.165) is 48.5 Å². The minimum absolute atomic E-state index is 0.0208. The zero-order valence-corrected chi connectivity index (χ0v) is 24.7. The number of piperazine rings is 1. The molecule has 2 aromatic carbocycles. The number of carbonyl (C=O) groups excluding carboxylic acids is 1. The van der Waals surface area contributed by atoms with E-state index < -0.39 is 23.5 Å². The second kappa shape index (κ2) is 13.3. The maximum atomic E-state index is 13.3. The number of carbonyl (C=O) groups is 1. The van der Waals surface area contributed by atoms with Crippen LogP contribution in [0.25, 0.3) is 11.1 Å². The fourth-order valence-electron chi connectivity index (χ4n) is 5.61. The van der Waals surface area contributed by atoms with E-state index in [4.69, 9.17) is 0 Å². The normalized spacial score (nSPS) is 17.2. The molecule has 2 N–H and O–H groups in total. The van der Waals surface area contributed by atoms with Gasteiger partial charge in [-0.15, -0.1) is 0 Å². The summed E-state index contributed by atoms with van der Waals surface area (Å²) in [5.41, 5.74) is -2.34. The van der Waals surface area contributed by atoms with Gasteiger partial charge in [-0.25, -0.2) is 0 Å². The van der Waals surface area contributed by atoms with Crippen molar-refractivity contribution in [3.63, 3.8) is 0 Å². The van der Waals surface area contributed by atoms with Crippen LogP contribution in [0.5, 0.6) is 0 Å². The third kappa shape index (κ3) is 7.59. The molecule has 12 heteroatoms. The quantitative estimate of drug-likeness (QED) is 0.288. The third-order valence-electron chi connectivity index (χ3n) is 7.83. The minimum atomic E-state index is -5.94. The largest absolute Gasteiger partial charge is 0.430 e. The molecule has 4 rings (SSSR count). The molecule has 1 aliphatic rings. The monoisotopic (exact) mass is 622 g/mol. The summed E-state index contributed by atoms with van der Waals surface area (Å²) < 4.78 is 79.7. The average molecular weight is 623 g/mol. The van der Waals surface area contributed by atoms with Gasteiger partial charge < -0.3 is 10.4 Å². The van der Waals surface area contributed by atoms with Gasteiger partial charge in [0.2, 0.25) is 5.91 Å². The summed E-state index contributed by atoms with van der Waals surface area (Å²) in [6.45, 7) is 9.17. The van der Waals surface area contributed by atoms with Crippen LogP contribution in [0.1, 0.15) is 42.5 Å². The molecule has 3 aromatic rings. The highest BCUT2D eigenvalue weighted by atomic mass is 19.4. The first-order chi connectivity index (χ1) is 20.6. The molecule has 1 fully saturated rings. The molecule has 0 saturated carbocycles. The highest BCUT2D eigenvalue weighted by molar-refractivity contribution is 5.76. The Morgan fingerprint density at radius 3 is 2.14 bits per heavy atom. The number of halogens is 6. The standard InChI is InChI=1S/C32H36F6N4O2/c1-21(2)40-29(43)17-27-20-41(18-23-10-12-39-13-11-23)14-15-42(27)19-24-4-9-28(22(3)16-24)25-5-7-26(8-6-25)30(44,31(33,34)35)32(36,37)38/h4-13,16,21,27,44H,14-15,17-20H2,1-3H3,(H,40,43). The third-order valence-corrected chi connectivity index (χ3v) is 7.83. The molecule has 0 spiro atoms. The van der Waals surface area contributed by atoms with Gasteiger partial charge in [0.1, 0.15) is 0 Å². The Kier molecular flexibility index (Phi) is 10.1. The molecule has 238 valence electrons. The smallest absolute Gasteiger partial charge is 0.369 e. The molecule has 1 unspecified atom stereocenters. The van der Waals surface area contributed by atoms with Crippen LogP contribution in [-0.4, -0.2) is 69.9 Å². The van der Waals surface area contributed by atoms with Crippen molar-refractivity contribution in [1.29, 1.82) is 0 Å². The average Bonchev–Trinajstić information content (AvgIpc) is 2.93. The lowest BCUT2D eigenvalue weighted by molar-refractivity contribution is -0.376. The topological polar surface area (TPSA) is 68.7 Å². The number of nitrogens with zero attached hydrogens (tertiary/aromatic N) is 3. The van der Waals surface area contributed by atoms with Gasteiger partial charge in [0.25, 0.3) is 5.60 Å². The Balaban J connectivity index is 1.51. The van der Waals surface area contributed by atoms with Crippen LogP contribution < -0.4 is 5.32 Å². The summed E-state index contributed by atoms with van der Waals surface area (Å²) in [6.07, 6.45) is -8.05. The molecule has 1 aliphatic heterocycles. The summed E-state index contributed by atoms with van der Waals surface area (Å²) in [5.74, 6) is -0.0290. The molecular weight excluding hydrogens is 586 g/mol. The number of hydrogen-bond donors (Lipinski definition) is 2. The van der Waals surface area contributed by atoms with Crippen LogP contribution in [-0.2, 0) is 23.5 Å². The minimum Gasteiger partial charge on any atom is -0.369 e. The maximum absolute atomic E-state index is 13.3. The number of benzene rings is 2. The SMILES string of the molecule is Cc1cc(CN2CCN(Cc3ccncc3)CC2CC(=O)NC(C)C)ccc1-c1ccc(C(O)(C(F)(F)F)C(F)(F)F)cc1. The highest BCUT2D eigenvalue weighted by Crippen LogP contribution is 2.50. The second-order valence-electron chi connectivity index (χ2n) is 11.6. The Labute approximate surface area is 252 Å². The molecule has 0 aliphatic carbocycles. The summed E-state index contributed by atoms with van der Waals surface area (Å²) in [7, 11) is 0. The zero-order chi connectivity index (χ0) is 32.3. The molecule has 6 nitrogen and oxygen atoms in total. The Morgan fingerprint density at radius 2 is 1.57 bits per heavy atom. The van der Waals surface area contributed by atoms with Gasteiger partial charge in [-0.05, 0) is 60.7 Å². The number of amides is 1. The van der Waals surface area contributed by atoms with Gasteiger partial charge in [-0.1, -0.05) is 42.5 Å². The summed E-state index contributed by atoms with van der Waals surface area (Å²) in [4.78, 5) is 21.4. The lowest BCUT2D eigenvalue weighted by Crippen LogP contribution is -2.53. The van der Waals surface area contributed by atoms with Crippen molar-refractivity contribution in [2.75, 3.05) is 19.6 Å². The molecule has 1 aromatic heterocycles. The van der Waals surface area contributed by atoms with E-state index in [1.54, 1.807) is 18.5 Å². The fourth-order valence-corrected chi connectivity index (χ4v) is 5.61. The van der Waals surface area contributed by atoms with E-state index in [1.807, 2.05) is 45.0 Å². The van der Waals surface area contributed by atoms with Gasteiger partial charge in [0.05, 0.1) is 0 Å². The van der Waals surface area contributed by atoms with Crippen molar-refractivity contribution in [3.05, 3.63) is 89.2 Å². The first kappa shape index (κ1) is 33.4. The van der Waals surface area contributed by atoms with Gasteiger partial charge in [-0.2, -0.15) is 26.3 Å². The Hall–Kier alpha value is -3.48. The van der Waals surface area contributed by atoms with Crippen LogP contribution in [0, 0.1) is 6.92 Å². The van der Waals surface area contributed by atoms with Crippen LogP contribution >= 0.6 is 0 Å². The predicted octanol–water partition coefficient (Wildman–Crippen LogP) is 5.97. The number of hydrogen-bond acceptors (Lipinski definition) is 5. The lowest BCUT2D eigenvalue weighted by atomic mass is 9.90. The summed E-state index contributed by atoms with van der Waals surface area (Å²) in [5, 5.41) is 12.7. The summed E-state index contributed by atoms with van der Waals surface area (Å²) in [6, 6.07) is 13.1. The van der Waals surface area contributed by atoms with Gasteiger partial charge in [-0.3, -0.25) is 19.6 Å². The van der Waals surface area contributed by atoms with E-state index in [-0.39, 0.29) is 18.0 Å². The number of pyridine rings is 1. The molecule has 1 atom stereocenters.